The predicted molar refractivity (Wildman–Crippen MR) is 159 cm³/mol. The number of hydrogen-bond donors (Lipinski definition) is 2. The van der Waals surface area contributed by atoms with Crippen molar-refractivity contribution in [1.82, 2.24) is 4.90 Å². The van der Waals surface area contributed by atoms with E-state index in [4.69, 9.17) is 15.6 Å². The molecule has 2 aromatic carbocycles. The topological polar surface area (TPSA) is 77.2 Å². The van der Waals surface area contributed by atoms with Crippen molar-refractivity contribution < 1.29 is 9.53 Å². The van der Waals surface area contributed by atoms with Crippen LogP contribution in [0, 0.1) is 10.8 Å². The number of nitrogens with one attached hydrogen (secondary N) is 2. The number of ether oxygens (including phenoxy) is 1. The van der Waals surface area contributed by atoms with Crippen molar-refractivity contribution in [3.05, 3.63) is 87.8 Å². The lowest BCUT2D eigenvalue weighted by molar-refractivity contribution is 0.0614. The van der Waals surface area contributed by atoms with E-state index in [9.17, 15) is 4.79 Å². The van der Waals surface area contributed by atoms with Gasteiger partial charge in [0.2, 0.25) is 0 Å². The van der Waals surface area contributed by atoms with Gasteiger partial charge in [-0.3, -0.25) is 10.2 Å². The van der Waals surface area contributed by atoms with Crippen LogP contribution in [0.25, 0.3) is 17.7 Å². The van der Waals surface area contributed by atoms with Crippen LogP contribution in [0.1, 0.15) is 67.6 Å². The molecule has 1 heterocycles. The van der Waals surface area contributed by atoms with Crippen LogP contribution < -0.4 is 10.4 Å². The second kappa shape index (κ2) is 17.8. The first-order chi connectivity index (χ1) is 18.0. The number of nitrogens with zero attached hydrogens (tertiary/aromatic N) is 1. The maximum absolute atomic E-state index is 11.2. The van der Waals surface area contributed by atoms with Crippen LogP contribution in [-0.4, -0.2) is 50.0 Å². The molecular formula is C32H43N3O2. The second-order valence-electron chi connectivity index (χ2n) is 8.38. The molecule has 0 aromatic heterocycles. The molecule has 0 radical (unpaired) electrons. The number of benzene rings is 2. The summed E-state index contributed by atoms with van der Waals surface area (Å²) < 4.78 is 5.19. The Morgan fingerprint density at radius 2 is 1.73 bits per heavy atom. The molecule has 0 atom stereocenters. The Bertz CT molecular complexity index is 1160. The lowest BCUT2D eigenvalue weighted by Crippen LogP contribution is -2.35. The highest BCUT2D eigenvalue weighted by Crippen LogP contribution is 2.17. The van der Waals surface area contributed by atoms with Crippen molar-refractivity contribution in [2.45, 2.75) is 53.0 Å². The molecule has 1 fully saturated rings. The fourth-order valence-corrected chi connectivity index (χ4v) is 4.17. The Morgan fingerprint density at radius 3 is 2.22 bits per heavy atom. The number of hydrogen-bond acceptors (Lipinski definition) is 4. The van der Waals surface area contributed by atoms with E-state index >= 15 is 0 Å². The lowest BCUT2D eigenvalue weighted by atomic mass is 9.97. The molecule has 1 aliphatic heterocycles. The molecular weight excluding hydrogens is 458 g/mol. The number of carbonyl (C=O) groups is 1. The molecule has 0 amide bonds. The first-order valence-corrected chi connectivity index (χ1v) is 12.9. The minimum absolute atomic E-state index is 0.534. The van der Waals surface area contributed by atoms with E-state index in [-0.39, 0.29) is 0 Å². The molecule has 198 valence electrons. The smallest absolute Gasteiger partial charge is 0.150 e. The number of allylic oxidation sites excluding steroid dienone is 3. The van der Waals surface area contributed by atoms with Gasteiger partial charge in [-0.25, -0.2) is 0 Å². The zero-order valence-corrected chi connectivity index (χ0v) is 23.1. The van der Waals surface area contributed by atoms with Crippen molar-refractivity contribution >= 4 is 36.6 Å². The molecule has 3 rings (SSSR count). The summed E-state index contributed by atoms with van der Waals surface area (Å²) in [7, 11) is 1.95. The van der Waals surface area contributed by atoms with Gasteiger partial charge in [-0.15, -0.1) is 0 Å². The molecule has 5 nitrogen and oxygen atoms in total. The quantitative estimate of drug-likeness (QED) is 0.213. The summed E-state index contributed by atoms with van der Waals surface area (Å²) in [6, 6.07) is 12.7. The van der Waals surface area contributed by atoms with Crippen LogP contribution >= 0.6 is 0 Å². The average molecular weight is 502 g/mol. The Kier molecular flexibility index (Phi) is 15.1. The summed E-state index contributed by atoms with van der Waals surface area (Å²) in [6.45, 7) is 13.5. The monoisotopic (exact) mass is 501 g/mol. The van der Waals surface area contributed by atoms with Gasteiger partial charge >= 0.3 is 0 Å². The van der Waals surface area contributed by atoms with Crippen LogP contribution in [0.15, 0.2) is 55.1 Å². The van der Waals surface area contributed by atoms with Crippen molar-refractivity contribution in [3.63, 3.8) is 0 Å². The van der Waals surface area contributed by atoms with Crippen LogP contribution in [0.5, 0.6) is 0 Å². The van der Waals surface area contributed by atoms with Crippen molar-refractivity contribution in [2.75, 3.05) is 20.3 Å². The van der Waals surface area contributed by atoms with Crippen LogP contribution in [0.2, 0.25) is 0 Å². The summed E-state index contributed by atoms with van der Waals surface area (Å²) in [6.07, 6.45) is 14.0. The third-order valence-corrected chi connectivity index (χ3v) is 6.19. The summed E-state index contributed by atoms with van der Waals surface area (Å²) >= 11 is 0. The average Bonchev–Trinajstić information content (AvgIpc) is 2.97. The van der Waals surface area contributed by atoms with Gasteiger partial charge in [0.1, 0.15) is 6.29 Å². The molecule has 0 spiro atoms. The number of rotatable bonds is 8. The van der Waals surface area contributed by atoms with Crippen LogP contribution in [0.4, 0.5) is 0 Å². The van der Waals surface area contributed by atoms with Crippen LogP contribution in [0.3, 0.4) is 0 Å². The van der Waals surface area contributed by atoms with Crippen molar-refractivity contribution in [1.29, 1.82) is 10.8 Å². The fraction of sp³-hybridized carbons (Fsp3) is 0.344. The molecule has 1 aliphatic rings. The largest absolute Gasteiger partial charge is 0.381 e. The molecule has 0 saturated carbocycles. The van der Waals surface area contributed by atoms with Gasteiger partial charge in [0.05, 0.1) is 6.34 Å². The first kappa shape index (κ1) is 31.5. The SMILES string of the molecule is C=C/C(=C\C=N)c1ccc(Cc2cc(C=O)cc(=C/C)/c2=C\C)cc1.CC.CN(C=N)C1CCOCC1. The second-order valence-corrected chi connectivity index (χ2v) is 8.38. The van der Waals surface area contributed by atoms with Gasteiger partial charge in [-0.2, -0.15) is 0 Å². The fourth-order valence-electron chi connectivity index (χ4n) is 4.17. The van der Waals surface area contributed by atoms with Gasteiger partial charge in [0.25, 0.3) is 0 Å². The van der Waals surface area contributed by atoms with E-state index in [2.05, 4.69) is 24.8 Å². The third kappa shape index (κ3) is 9.77. The molecule has 37 heavy (non-hydrogen) atoms. The number of carbonyl (C=O) groups excluding carboxylic acids is 1. The van der Waals surface area contributed by atoms with E-state index in [0.717, 1.165) is 60.7 Å². The maximum Gasteiger partial charge on any atom is 0.150 e. The highest BCUT2D eigenvalue weighted by Gasteiger charge is 2.15. The molecule has 0 unspecified atom stereocenters. The van der Waals surface area contributed by atoms with E-state index in [0.29, 0.717) is 11.6 Å². The predicted octanol–water partition coefficient (Wildman–Crippen LogP) is 5.64. The minimum atomic E-state index is 0.534. The lowest BCUT2D eigenvalue weighted by Gasteiger charge is -2.28. The summed E-state index contributed by atoms with van der Waals surface area (Å²) in [5, 5.41) is 16.5. The molecule has 0 aliphatic carbocycles. The normalized spacial score (nSPS) is 14.5. The Hall–Kier alpha value is -3.57. The van der Waals surface area contributed by atoms with Gasteiger partial charge < -0.3 is 15.0 Å². The zero-order chi connectivity index (χ0) is 27.6. The Balaban J connectivity index is 0.000000475. The highest BCUT2D eigenvalue weighted by molar-refractivity contribution is 5.87. The molecule has 5 heteroatoms. The van der Waals surface area contributed by atoms with E-state index < -0.39 is 0 Å². The van der Waals surface area contributed by atoms with Crippen LogP contribution in [-0.2, 0) is 11.2 Å². The van der Waals surface area contributed by atoms with Crippen molar-refractivity contribution in [2.24, 2.45) is 0 Å². The summed E-state index contributed by atoms with van der Waals surface area (Å²) in [4.78, 5) is 13.2. The molecule has 1 saturated heterocycles. The molecule has 0 bridgehead atoms. The number of aldehydes is 1. The first-order valence-electron chi connectivity index (χ1n) is 12.9. The van der Waals surface area contributed by atoms with Crippen molar-refractivity contribution in [3.8, 4) is 0 Å². The highest BCUT2D eigenvalue weighted by atomic mass is 16.5. The summed E-state index contributed by atoms with van der Waals surface area (Å²) in [5.41, 5.74) is 4.99. The van der Waals surface area contributed by atoms with Gasteiger partial charge in [0, 0.05) is 38.1 Å². The Labute approximate surface area is 222 Å². The standard InChI is InChI=1S/C23H23NO.C7H14N2O.C2H6/c1-4-19(11-12-24)21-9-7-17(8-10-21)13-22-15-18(16-25)14-20(5-2)23(22)6-3;1-9(6-8)7-2-4-10-5-3-7;1-2/h4-12,14-16,24H,1,13H2,2-3H3;6-8H,2-5H2,1H3;1-2H3/b19-11+,20-5-,23-6+,24-12?;;. The van der Waals surface area contributed by atoms with E-state index in [1.807, 2.05) is 70.0 Å². The maximum atomic E-state index is 11.2. The van der Waals surface area contributed by atoms with Gasteiger partial charge in [0.15, 0.2) is 0 Å². The summed E-state index contributed by atoms with van der Waals surface area (Å²) in [5.74, 6) is 0. The van der Waals surface area contributed by atoms with Gasteiger partial charge in [-0.1, -0.05) is 62.9 Å². The third-order valence-electron chi connectivity index (χ3n) is 6.19. The zero-order valence-electron chi connectivity index (χ0n) is 23.1. The minimum Gasteiger partial charge on any atom is -0.381 e. The van der Waals surface area contributed by atoms with Gasteiger partial charge in [-0.05, 0) is 84.0 Å². The van der Waals surface area contributed by atoms with E-state index in [1.165, 1.54) is 23.3 Å². The Morgan fingerprint density at radius 1 is 1.08 bits per heavy atom. The van der Waals surface area contributed by atoms with E-state index in [1.54, 1.807) is 12.2 Å². The molecule has 2 N–H and O–H groups in total. The molecule has 2 aromatic rings.